The molecule has 5 aromatic rings. The molecule has 3 heteroatoms. The highest BCUT2D eigenvalue weighted by Crippen LogP contribution is 2.51. The number of nitrogens with zero attached hydrogens (tertiary/aromatic N) is 3. The van der Waals surface area contributed by atoms with E-state index in [9.17, 15) is 0 Å². The summed E-state index contributed by atoms with van der Waals surface area (Å²) in [7, 11) is 0. The molecule has 4 aromatic carbocycles. The number of hydrogen-bond acceptors (Lipinski definition) is 3. The first-order valence-electron chi connectivity index (χ1n) is 17.7. The van der Waals surface area contributed by atoms with Crippen LogP contribution in [0.1, 0.15) is 84.9 Å². The molecule has 238 valence electrons. The van der Waals surface area contributed by atoms with Gasteiger partial charge in [0.25, 0.3) is 0 Å². The maximum Gasteiger partial charge on any atom is 0.164 e. The van der Waals surface area contributed by atoms with Crippen LogP contribution in [-0.4, -0.2) is 15.0 Å². The summed E-state index contributed by atoms with van der Waals surface area (Å²) < 4.78 is 0. The fourth-order valence-corrected chi connectivity index (χ4v) is 8.26. The molecular weight excluding hydrogens is 595 g/mol. The minimum Gasteiger partial charge on any atom is -0.209 e. The van der Waals surface area contributed by atoms with E-state index in [-0.39, 0.29) is 5.41 Å². The van der Waals surface area contributed by atoms with Crippen LogP contribution in [0.3, 0.4) is 0 Å². The van der Waals surface area contributed by atoms with Crippen molar-refractivity contribution >= 4 is 33.1 Å². The number of fused-ring (bicyclic) bond motifs is 3. The van der Waals surface area contributed by atoms with E-state index in [0.717, 1.165) is 73.6 Å². The third-order valence-corrected chi connectivity index (χ3v) is 10.8. The van der Waals surface area contributed by atoms with E-state index in [1.165, 1.54) is 55.3 Å². The van der Waals surface area contributed by atoms with Crippen LogP contribution in [0, 0.1) is 0 Å². The van der Waals surface area contributed by atoms with Gasteiger partial charge < -0.3 is 0 Å². The number of benzene rings is 4. The zero-order chi connectivity index (χ0) is 32.8. The van der Waals surface area contributed by atoms with Crippen molar-refractivity contribution in [2.24, 2.45) is 0 Å². The average molecular weight is 634 g/mol. The standard InChI is InChI=1S/C46H39N3/c1-46(30-38-28-27-32-13-8-9-21-40(32)42(38)46)41-22-11-10-20-39(41)33-25-23-31(24-26-33)36-18-12-19-37(29-36)45-48-43(34-14-4-2-5-15-34)47-44(49-45)35-16-6-3-7-17-35/h2,4,6,8-14,16-23,25,27-29H,3,5,7,15,24,26,30H2,1H3. The van der Waals surface area contributed by atoms with E-state index in [1.807, 2.05) is 0 Å². The molecule has 49 heavy (non-hydrogen) atoms. The largest absolute Gasteiger partial charge is 0.209 e. The minimum atomic E-state index is 0.00161. The molecule has 1 atom stereocenters. The summed E-state index contributed by atoms with van der Waals surface area (Å²) in [5.41, 5.74) is 13.1. The molecule has 9 rings (SSSR count). The zero-order valence-electron chi connectivity index (χ0n) is 28.0. The van der Waals surface area contributed by atoms with Crippen molar-refractivity contribution in [3.8, 4) is 11.4 Å². The lowest BCUT2D eigenvalue weighted by atomic mass is 9.59. The maximum atomic E-state index is 5.03. The highest BCUT2D eigenvalue weighted by Gasteiger charge is 2.42. The van der Waals surface area contributed by atoms with Gasteiger partial charge >= 0.3 is 0 Å². The molecule has 4 aliphatic carbocycles. The second-order valence-electron chi connectivity index (χ2n) is 13.9. The van der Waals surface area contributed by atoms with E-state index in [0.29, 0.717) is 0 Å². The second-order valence-corrected chi connectivity index (χ2v) is 13.9. The Morgan fingerprint density at radius 2 is 1.43 bits per heavy atom. The zero-order valence-corrected chi connectivity index (χ0v) is 28.0. The molecule has 0 amide bonds. The predicted molar refractivity (Wildman–Crippen MR) is 204 cm³/mol. The molecule has 1 aromatic heterocycles. The molecule has 1 heterocycles. The Bertz CT molecular complexity index is 2330. The van der Waals surface area contributed by atoms with Crippen molar-refractivity contribution in [1.29, 1.82) is 0 Å². The second kappa shape index (κ2) is 12.2. The van der Waals surface area contributed by atoms with Crippen LogP contribution in [0.5, 0.6) is 0 Å². The summed E-state index contributed by atoms with van der Waals surface area (Å²) in [6.45, 7) is 2.44. The van der Waals surface area contributed by atoms with E-state index in [4.69, 9.17) is 15.0 Å². The molecule has 4 aliphatic rings. The molecular formula is C46H39N3. The lowest BCUT2D eigenvalue weighted by Crippen LogP contribution is -2.38. The molecule has 0 saturated heterocycles. The number of aromatic nitrogens is 3. The lowest BCUT2D eigenvalue weighted by Gasteiger charge is -2.44. The van der Waals surface area contributed by atoms with E-state index >= 15 is 0 Å². The van der Waals surface area contributed by atoms with E-state index in [2.05, 4.69) is 140 Å². The molecule has 1 unspecified atom stereocenters. The Morgan fingerprint density at radius 3 is 2.29 bits per heavy atom. The van der Waals surface area contributed by atoms with Gasteiger partial charge in [-0.1, -0.05) is 134 Å². The molecule has 3 nitrogen and oxygen atoms in total. The Balaban J connectivity index is 1.05. The van der Waals surface area contributed by atoms with E-state index < -0.39 is 0 Å². The fraction of sp³-hybridized carbons (Fsp3) is 0.196. The third kappa shape index (κ3) is 5.34. The molecule has 0 fully saturated rings. The topological polar surface area (TPSA) is 38.7 Å². The van der Waals surface area contributed by atoms with Crippen LogP contribution < -0.4 is 0 Å². The van der Waals surface area contributed by atoms with Gasteiger partial charge in [-0.3, -0.25) is 0 Å². The Morgan fingerprint density at radius 1 is 0.612 bits per heavy atom. The van der Waals surface area contributed by atoms with Crippen molar-refractivity contribution in [3.05, 3.63) is 173 Å². The summed E-state index contributed by atoms with van der Waals surface area (Å²) in [6, 6.07) is 31.3. The van der Waals surface area contributed by atoms with Crippen LogP contribution in [0.25, 0.3) is 44.5 Å². The van der Waals surface area contributed by atoms with Gasteiger partial charge in [0, 0.05) is 16.6 Å². The van der Waals surface area contributed by atoms with Gasteiger partial charge in [0.1, 0.15) is 0 Å². The van der Waals surface area contributed by atoms with Crippen LogP contribution in [0.4, 0.5) is 0 Å². The van der Waals surface area contributed by atoms with Gasteiger partial charge in [0.05, 0.1) is 0 Å². The van der Waals surface area contributed by atoms with Gasteiger partial charge in [0.15, 0.2) is 17.5 Å². The van der Waals surface area contributed by atoms with Crippen LogP contribution in [0.15, 0.2) is 134 Å². The summed E-state index contributed by atoms with van der Waals surface area (Å²) in [5, 5.41) is 2.71. The van der Waals surface area contributed by atoms with Crippen molar-refractivity contribution in [2.45, 2.75) is 57.3 Å². The summed E-state index contributed by atoms with van der Waals surface area (Å²) in [6.07, 6.45) is 24.9. The molecule has 0 saturated carbocycles. The van der Waals surface area contributed by atoms with Gasteiger partial charge in [-0.25, -0.2) is 15.0 Å². The minimum absolute atomic E-state index is 0.00161. The van der Waals surface area contributed by atoms with Crippen molar-refractivity contribution in [2.75, 3.05) is 0 Å². The number of hydrogen-bond donors (Lipinski definition) is 0. The Labute approximate surface area is 288 Å². The molecule has 0 N–H and O–H groups in total. The average Bonchev–Trinajstić information content (AvgIpc) is 3.17. The van der Waals surface area contributed by atoms with Gasteiger partial charge in [-0.05, 0) is 106 Å². The summed E-state index contributed by atoms with van der Waals surface area (Å²) >= 11 is 0. The first kappa shape index (κ1) is 29.7. The maximum absolute atomic E-state index is 5.03. The Kier molecular flexibility index (Phi) is 7.42. The van der Waals surface area contributed by atoms with Crippen LogP contribution >= 0.6 is 0 Å². The lowest BCUT2D eigenvalue weighted by molar-refractivity contribution is 0.501. The normalized spacial score (nSPS) is 19.8. The molecule has 0 aliphatic heterocycles. The smallest absolute Gasteiger partial charge is 0.164 e. The number of allylic oxidation sites excluding steroid dienone is 12. The predicted octanol–water partition coefficient (Wildman–Crippen LogP) is 11.3. The summed E-state index contributed by atoms with van der Waals surface area (Å²) in [5.74, 6) is 2.28. The molecule has 0 bridgehead atoms. The quantitative estimate of drug-likeness (QED) is 0.187. The highest BCUT2D eigenvalue weighted by molar-refractivity contribution is 5.91. The SMILES string of the molecule is CC1(c2ccccc2C2=CC=C(c3cccc(-c4nc(C5=CCCC=C5)nc(C5=CC=CCC5)n4)c3)CC2)Cc2ccc3ccccc3c21. The summed E-state index contributed by atoms with van der Waals surface area (Å²) in [4.78, 5) is 15.0. The van der Waals surface area contributed by atoms with Gasteiger partial charge in [-0.15, -0.1) is 0 Å². The monoisotopic (exact) mass is 633 g/mol. The molecule has 0 radical (unpaired) electrons. The Hall–Kier alpha value is -5.41. The first-order chi connectivity index (χ1) is 24.1. The van der Waals surface area contributed by atoms with Gasteiger partial charge in [0.2, 0.25) is 0 Å². The highest BCUT2D eigenvalue weighted by atomic mass is 15.0. The molecule has 0 spiro atoms. The van der Waals surface area contributed by atoms with Crippen molar-refractivity contribution in [3.63, 3.8) is 0 Å². The van der Waals surface area contributed by atoms with E-state index in [1.54, 1.807) is 0 Å². The van der Waals surface area contributed by atoms with Crippen LogP contribution in [0.2, 0.25) is 0 Å². The van der Waals surface area contributed by atoms with Crippen molar-refractivity contribution < 1.29 is 0 Å². The van der Waals surface area contributed by atoms with Gasteiger partial charge in [-0.2, -0.15) is 0 Å². The number of rotatable bonds is 6. The third-order valence-electron chi connectivity index (χ3n) is 10.8. The fourth-order valence-electron chi connectivity index (χ4n) is 8.26. The van der Waals surface area contributed by atoms with Crippen molar-refractivity contribution in [1.82, 2.24) is 15.0 Å². The van der Waals surface area contributed by atoms with Crippen LogP contribution in [-0.2, 0) is 11.8 Å². The first-order valence-corrected chi connectivity index (χ1v) is 17.7.